The van der Waals surface area contributed by atoms with Gasteiger partial charge in [-0.1, -0.05) is 70.3 Å². The van der Waals surface area contributed by atoms with Gasteiger partial charge in [0.05, 0.1) is 29.8 Å². The summed E-state index contributed by atoms with van der Waals surface area (Å²) in [6, 6.07) is 14.2. The molecule has 0 unspecified atom stereocenters. The lowest BCUT2D eigenvalue weighted by Crippen LogP contribution is -2.47. The zero-order valence-electron chi connectivity index (χ0n) is 23.3. The van der Waals surface area contributed by atoms with E-state index in [1.165, 1.54) is 28.7 Å². The molecule has 0 aliphatic rings. The number of ether oxygens (including phenoxy) is 1. The summed E-state index contributed by atoms with van der Waals surface area (Å²) in [5.41, 5.74) is 3.04. The van der Waals surface area contributed by atoms with E-state index in [9.17, 15) is 4.39 Å². The zero-order chi connectivity index (χ0) is 28.2. The Morgan fingerprint density at radius 1 is 0.821 bits per heavy atom. The molecule has 4 rings (SSSR count). The van der Waals surface area contributed by atoms with E-state index in [0.29, 0.717) is 38.0 Å². The Kier molecular flexibility index (Phi) is 9.37. The van der Waals surface area contributed by atoms with E-state index in [4.69, 9.17) is 9.16 Å². The first-order chi connectivity index (χ1) is 18.6. The number of thiazole rings is 1. The van der Waals surface area contributed by atoms with Crippen molar-refractivity contribution in [3.8, 4) is 5.75 Å². The maximum absolute atomic E-state index is 15.0. The van der Waals surface area contributed by atoms with Crippen molar-refractivity contribution >= 4 is 62.0 Å². The number of methoxy groups -OCH3 is 1. The lowest BCUT2D eigenvalue weighted by molar-refractivity contribution is 0.261. The molecule has 39 heavy (non-hydrogen) atoms. The van der Waals surface area contributed by atoms with Crippen LogP contribution in [0.3, 0.4) is 0 Å². The molecule has 2 heterocycles. The highest BCUT2D eigenvalue weighted by Gasteiger charge is 2.45. The number of halogens is 1. The highest BCUT2D eigenvalue weighted by atomic mass is 32.1. The van der Waals surface area contributed by atoms with E-state index < -0.39 is 8.32 Å². The summed E-state index contributed by atoms with van der Waals surface area (Å²) in [6.07, 6.45) is 0. The summed E-state index contributed by atoms with van der Waals surface area (Å²) < 4.78 is 27.6. The Morgan fingerprint density at radius 2 is 1.46 bits per heavy atom. The van der Waals surface area contributed by atoms with Crippen LogP contribution < -0.4 is 4.74 Å². The van der Waals surface area contributed by atoms with E-state index in [0.717, 1.165) is 21.0 Å². The molecule has 0 fully saturated rings. The summed E-state index contributed by atoms with van der Waals surface area (Å²) in [5.74, 6) is 0.437. The van der Waals surface area contributed by atoms with Gasteiger partial charge in [0.25, 0.3) is 0 Å². The van der Waals surface area contributed by atoms with Crippen molar-refractivity contribution in [2.75, 3.05) is 7.11 Å². The van der Waals surface area contributed by atoms with Gasteiger partial charge in [-0.05, 0) is 53.0 Å². The van der Waals surface area contributed by atoms with Gasteiger partial charge < -0.3 is 9.16 Å². The number of nitrogens with zero attached hydrogens (tertiary/aromatic N) is 5. The number of rotatable bonds is 11. The molecule has 206 valence electrons. The molecule has 2 aromatic heterocycles. The highest BCUT2D eigenvalue weighted by Crippen LogP contribution is 2.43. The lowest BCUT2D eigenvalue weighted by Gasteiger charge is -2.42. The molecule has 2 aromatic carbocycles. The Balaban J connectivity index is 1.41. The minimum absolute atomic E-state index is 0.273. The van der Waals surface area contributed by atoms with E-state index in [2.05, 4.69) is 67.0 Å². The van der Waals surface area contributed by atoms with Crippen LogP contribution in [0.2, 0.25) is 16.6 Å². The van der Waals surface area contributed by atoms with Crippen LogP contribution in [0.5, 0.6) is 5.75 Å². The molecule has 0 saturated heterocycles. The molecule has 0 radical (unpaired) electrons. The van der Waals surface area contributed by atoms with E-state index in [1.807, 2.05) is 30.3 Å². The first-order valence-corrected chi connectivity index (χ1v) is 16.7. The number of benzene rings is 2. The van der Waals surface area contributed by atoms with E-state index in [1.54, 1.807) is 19.2 Å². The van der Waals surface area contributed by atoms with Gasteiger partial charge in [0.1, 0.15) is 21.4 Å². The SMILES string of the molecule is COc1ccc(N=Nc2nc3sc(N=Nc4ccc(CO[Si](C(C)C)(C(C)C)C(C)C)c(F)c4)cc3s2)cc1. The fourth-order valence-electron chi connectivity index (χ4n) is 5.08. The summed E-state index contributed by atoms with van der Waals surface area (Å²) in [6.45, 7) is 13.6. The Bertz CT molecular complexity index is 1410. The first kappa shape index (κ1) is 29.1. The second-order valence-corrected chi connectivity index (χ2v) is 17.7. The molecule has 0 aliphatic heterocycles. The summed E-state index contributed by atoms with van der Waals surface area (Å²) in [4.78, 5) is 5.33. The van der Waals surface area contributed by atoms with Gasteiger partial charge in [0.2, 0.25) is 13.4 Å². The third-order valence-electron chi connectivity index (χ3n) is 6.87. The number of azo groups is 2. The Labute approximate surface area is 238 Å². The van der Waals surface area contributed by atoms with Gasteiger partial charge in [-0.25, -0.2) is 9.37 Å². The summed E-state index contributed by atoms with van der Waals surface area (Å²) in [5, 5.41) is 18.3. The van der Waals surface area contributed by atoms with E-state index >= 15 is 0 Å². The average Bonchev–Trinajstić information content (AvgIpc) is 3.45. The number of thiophene rings is 1. The van der Waals surface area contributed by atoms with Crippen molar-refractivity contribution < 1.29 is 13.6 Å². The predicted octanol–water partition coefficient (Wildman–Crippen LogP) is 11.0. The van der Waals surface area contributed by atoms with Crippen molar-refractivity contribution in [3.05, 3.63) is 59.9 Å². The zero-order valence-corrected chi connectivity index (χ0v) is 25.9. The van der Waals surface area contributed by atoms with Gasteiger partial charge in [-0.15, -0.1) is 20.5 Å². The Hall–Kier alpha value is -2.86. The van der Waals surface area contributed by atoms with Gasteiger partial charge in [-0.2, -0.15) is 0 Å². The molecular formula is C28H34FN5O2S2Si. The molecule has 4 aromatic rings. The third kappa shape index (κ3) is 6.66. The van der Waals surface area contributed by atoms with Crippen LogP contribution in [0.1, 0.15) is 47.1 Å². The maximum Gasteiger partial charge on any atom is 0.231 e. The first-order valence-electron chi connectivity index (χ1n) is 12.9. The van der Waals surface area contributed by atoms with Crippen molar-refractivity contribution in [1.29, 1.82) is 0 Å². The van der Waals surface area contributed by atoms with Crippen LogP contribution in [-0.2, 0) is 11.0 Å². The molecule has 0 bridgehead atoms. The van der Waals surface area contributed by atoms with Crippen molar-refractivity contribution in [3.63, 3.8) is 0 Å². The summed E-state index contributed by atoms with van der Waals surface area (Å²) in [7, 11) is -0.455. The second kappa shape index (κ2) is 12.5. The number of aromatic nitrogens is 1. The normalized spacial score (nSPS) is 12.8. The maximum atomic E-state index is 15.0. The van der Waals surface area contributed by atoms with Crippen molar-refractivity contribution in [2.45, 2.75) is 64.8 Å². The van der Waals surface area contributed by atoms with Crippen molar-refractivity contribution in [2.24, 2.45) is 20.5 Å². The van der Waals surface area contributed by atoms with Crippen LogP contribution in [-0.4, -0.2) is 20.4 Å². The largest absolute Gasteiger partial charge is 0.497 e. The van der Waals surface area contributed by atoms with Crippen LogP contribution in [0.15, 0.2) is 69.0 Å². The lowest BCUT2D eigenvalue weighted by atomic mass is 10.2. The van der Waals surface area contributed by atoms with Crippen LogP contribution in [0.4, 0.5) is 25.9 Å². The summed E-state index contributed by atoms with van der Waals surface area (Å²) >= 11 is 2.83. The number of hydrogen-bond acceptors (Lipinski definition) is 9. The molecule has 7 nitrogen and oxygen atoms in total. The van der Waals surface area contributed by atoms with E-state index in [-0.39, 0.29) is 12.4 Å². The minimum Gasteiger partial charge on any atom is -0.497 e. The minimum atomic E-state index is -2.08. The fourth-order valence-corrected chi connectivity index (χ4v) is 12.3. The molecule has 11 heteroatoms. The Morgan fingerprint density at radius 3 is 2.05 bits per heavy atom. The molecule has 0 saturated carbocycles. The topological polar surface area (TPSA) is 80.8 Å². The smallest absolute Gasteiger partial charge is 0.231 e. The molecule has 0 atom stereocenters. The number of fused-ring (bicyclic) bond motifs is 1. The van der Waals surface area contributed by atoms with Gasteiger partial charge in [0.15, 0.2) is 0 Å². The molecule has 0 amide bonds. The molecular weight excluding hydrogens is 550 g/mol. The van der Waals surface area contributed by atoms with Crippen molar-refractivity contribution in [1.82, 2.24) is 4.98 Å². The van der Waals surface area contributed by atoms with Gasteiger partial charge in [-0.3, -0.25) is 0 Å². The van der Waals surface area contributed by atoms with Crippen LogP contribution in [0.25, 0.3) is 9.53 Å². The van der Waals surface area contributed by atoms with Gasteiger partial charge >= 0.3 is 0 Å². The predicted molar refractivity (Wildman–Crippen MR) is 161 cm³/mol. The third-order valence-corrected chi connectivity index (χ3v) is 14.9. The standard InChI is InChI=1S/C28H34FN5O2S2Si/c1-17(2)39(18(3)4,19(5)6)36-16-20-8-9-22(14-24(20)29)32-33-26-15-25-27(38-26)30-28(37-25)34-31-21-10-12-23(35-7)13-11-21/h8-15,17-19H,16H2,1-7H3. The molecule has 0 aliphatic carbocycles. The second-order valence-electron chi connectivity index (χ2n) is 10.2. The highest BCUT2D eigenvalue weighted by molar-refractivity contribution is 7.30. The molecule has 0 N–H and O–H groups in total. The number of hydrogen-bond donors (Lipinski definition) is 0. The fraction of sp³-hybridized carbons (Fsp3) is 0.393. The quantitative estimate of drug-likeness (QED) is 0.130. The average molecular weight is 584 g/mol. The van der Waals surface area contributed by atoms with Gasteiger partial charge in [0, 0.05) is 11.6 Å². The van der Waals surface area contributed by atoms with Crippen LogP contribution in [0, 0.1) is 5.82 Å². The van der Waals surface area contributed by atoms with Crippen LogP contribution >= 0.6 is 22.7 Å². The monoisotopic (exact) mass is 583 g/mol. The molecule has 0 spiro atoms.